The third-order valence-electron chi connectivity index (χ3n) is 5.27. The molecule has 4 rings (SSSR count). The second-order valence-electron chi connectivity index (χ2n) is 7.16. The predicted octanol–water partition coefficient (Wildman–Crippen LogP) is 3.40. The Balaban J connectivity index is 1.44. The quantitative estimate of drug-likeness (QED) is 0.629. The molecule has 115 valence electrons. The van der Waals surface area contributed by atoms with E-state index in [1.54, 1.807) is 11.1 Å². The summed E-state index contributed by atoms with van der Waals surface area (Å²) in [5.41, 5.74) is 7.38. The van der Waals surface area contributed by atoms with Crippen LogP contribution in [0.5, 0.6) is 0 Å². The van der Waals surface area contributed by atoms with Gasteiger partial charge in [-0.2, -0.15) is 0 Å². The Hall–Kier alpha value is -0.705. The van der Waals surface area contributed by atoms with Crippen molar-refractivity contribution in [1.29, 1.82) is 0 Å². The zero-order valence-electron chi connectivity index (χ0n) is 13.8. The topological polar surface area (TPSA) is 24.1 Å². The molecule has 0 spiro atoms. The molecule has 2 nitrogen and oxygen atoms in total. The standard InChI is InChI=1S/C20H23N2.Hg/c1-14-5-7-16(8-6-14)19-12-21-20(22-13-19)18-10-9-15-3-2-4-17(15)11-18;/h2,5-11,19-22H,3-4,12-13H2,1H3;. The van der Waals surface area contributed by atoms with E-state index in [2.05, 4.69) is 60.0 Å². The summed E-state index contributed by atoms with van der Waals surface area (Å²) in [6.07, 6.45) is 2.96. The van der Waals surface area contributed by atoms with Crippen LogP contribution in [0.3, 0.4) is 0 Å². The van der Waals surface area contributed by atoms with Crippen LogP contribution in [0.25, 0.3) is 0 Å². The Bertz CT molecular complexity index is 687. The maximum absolute atomic E-state index is 3.70. The van der Waals surface area contributed by atoms with Gasteiger partial charge in [-0.3, -0.25) is 0 Å². The fraction of sp³-hybridized carbons (Fsp3) is 0.400. The van der Waals surface area contributed by atoms with E-state index in [1.165, 1.54) is 29.5 Å². The zero-order chi connectivity index (χ0) is 15.8. The average molecular weight is 492 g/mol. The Morgan fingerprint density at radius 1 is 0.870 bits per heavy atom. The minimum absolute atomic E-state index is 0.306. The van der Waals surface area contributed by atoms with Crippen LogP contribution in [0, 0.1) is 6.92 Å². The van der Waals surface area contributed by atoms with E-state index in [0.29, 0.717) is 12.1 Å². The van der Waals surface area contributed by atoms with Crippen molar-refractivity contribution in [3.63, 3.8) is 0 Å². The Kier molecular flexibility index (Phi) is 4.57. The van der Waals surface area contributed by atoms with Crippen LogP contribution < -0.4 is 10.6 Å². The average Bonchev–Trinajstić information content (AvgIpc) is 2.95. The number of benzene rings is 2. The van der Waals surface area contributed by atoms with E-state index in [9.17, 15) is 0 Å². The van der Waals surface area contributed by atoms with Crippen molar-refractivity contribution in [2.24, 2.45) is 0 Å². The van der Waals surface area contributed by atoms with Gasteiger partial charge in [0.1, 0.15) is 0 Å². The Morgan fingerprint density at radius 3 is 2.26 bits per heavy atom. The van der Waals surface area contributed by atoms with E-state index < -0.39 is 0 Å². The van der Waals surface area contributed by atoms with Gasteiger partial charge in [0.2, 0.25) is 0 Å². The van der Waals surface area contributed by atoms with Crippen molar-refractivity contribution in [1.82, 2.24) is 10.6 Å². The summed E-state index contributed by atoms with van der Waals surface area (Å²) in [5.74, 6) is 0.565. The van der Waals surface area contributed by atoms with Gasteiger partial charge in [0, 0.05) is 0 Å². The molecule has 1 unspecified atom stereocenters. The summed E-state index contributed by atoms with van der Waals surface area (Å²) in [6.45, 7) is 4.24. The molecule has 1 saturated heterocycles. The van der Waals surface area contributed by atoms with E-state index >= 15 is 0 Å². The molecule has 2 aromatic rings. The summed E-state index contributed by atoms with van der Waals surface area (Å²) in [5, 5.41) is 7.40. The molecule has 23 heavy (non-hydrogen) atoms. The van der Waals surface area contributed by atoms with E-state index in [0.717, 1.165) is 42.6 Å². The van der Waals surface area contributed by atoms with Crippen molar-refractivity contribution < 1.29 is 26.1 Å². The summed E-state index contributed by atoms with van der Waals surface area (Å²) in [7, 11) is 0. The van der Waals surface area contributed by atoms with Gasteiger partial charge in [-0.1, -0.05) is 5.56 Å². The van der Waals surface area contributed by atoms with Gasteiger partial charge in [-0.25, -0.2) is 0 Å². The number of hydrogen-bond donors (Lipinski definition) is 2. The predicted molar refractivity (Wildman–Crippen MR) is 90.3 cm³/mol. The molecular formula is C20H23HgN2. The first kappa shape index (κ1) is 15.8. The van der Waals surface area contributed by atoms with Crippen molar-refractivity contribution in [3.8, 4) is 0 Å². The van der Waals surface area contributed by atoms with Crippen LogP contribution in [-0.2, 0) is 39.0 Å². The van der Waals surface area contributed by atoms with Crippen LogP contribution in [0.1, 0.15) is 39.9 Å². The zero-order valence-corrected chi connectivity index (χ0v) is 19.3. The molecule has 1 aliphatic heterocycles. The van der Waals surface area contributed by atoms with Crippen molar-refractivity contribution in [3.05, 3.63) is 70.3 Å². The van der Waals surface area contributed by atoms with Crippen LogP contribution in [-0.4, -0.2) is 13.1 Å². The maximum atomic E-state index is 3.70. The normalized spacial score (nSPS) is 27.0. The first-order valence-corrected chi connectivity index (χ1v) is 11.8. The van der Waals surface area contributed by atoms with Crippen molar-refractivity contribution in [2.75, 3.05) is 13.1 Å². The number of rotatable bonds is 2. The molecular weight excluding hydrogens is 469 g/mol. The first-order chi connectivity index (χ1) is 11.2. The number of aryl methyl sites for hydroxylation is 1. The van der Waals surface area contributed by atoms with Gasteiger partial charge in [-0.05, 0) is 6.92 Å². The molecule has 0 aromatic heterocycles. The van der Waals surface area contributed by atoms with Crippen LogP contribution >= 0.6 is 0 Å². The molecule has 1 atom stereocenters. The Labute approximate surface area is 155 Å². The van der Waals surface area contributed by atoms with Gasteiger partial charge < -0.3 is 0 Å². The minimum atomic E-state index is 0.306. The van der Waals surface area contributed by atoms with E-state index in [4.69, 9.17) is 0 Å². The molecule has 0 radical (unpaired) electrons. The molecule has 1 aliphatic carbocycles. The van der Waals surface area contributed by atoms with Gasteiger partial charge in [0.15, 0.2) is 0 Å². The summed E-state index contributed by atoms with van der Waals surface area (Å²) in [4.78, 5) is 0. The second-order valence-corrected chi connectivity index (χ2v) is 11.6. The van der Waals surface area contributed by atoms with Crippen molar-refractivity contribution >= 4 is 0 Å². The van der Waals surface area contributed by atoms with Crippen molar-refractivity contribution in [2.45, 2.75) is 35.3 Å². The van der Waals surface area contributed by atoms with E-state index in [-0.39, 0.29) is 0 Å². The van der Waals surface area contributed by atoms with E-state index in [1.807, 2.05) is 0 Å². The molecule has 3 heteroatoms. The summed E-state index contributed by atoms with van der Waals surface area (Å²) >= 11 is 0.901. The molecule has 0 bridgehead atoms. The molecule has 1 heterocycles. The SMILES string of the molecule is Cc1ccc(C2CNC(c3ccc4c(c3)C[CH]([Hg])C4)NC2)cc1. The van der Waals surface area contributed by atoms with Gasteiger partial charge >= 0.3 is 143 Å². The molecule has 2 N–H and O–H groups in total. The van der Waals surface area contributed by atoms with Gasteiger partial charge in [0.05, 0.1) is 0 Å². The number of fused-ring (bicyclic) bond motifs is 1. The molecule has 0 amide bonds. The number of nitrogens with one attached hydrogen (secondary N) is 2. The van der Waals surface area contributed by atoms with Crippen LogP contribution in [0.2, 0.25) is 3.43 Å². The monoisotopic (exact) mass is 493 g/mol. The fourth-order valence-electron chi connectivity index (χ4n) is 3.88. The Morgan fingerprint density at radius 2 is 1.52 bits per heavy atom. The third-order valence-corrected chi connectivity index (χ3v) is 7.51. The van der Waals surface area contributed by atoms with Crippen LogP contribution in [0.4, 0.5) is 0 Å². The van der Waals surface area contributed by atoms with Gasteiger partial charge in [0.25, 0.3) is 0 Å². The molecule has 1 fully saturated rings. The molecule has 0 saturated carbocycles. The van der Waals surface area contributed by atoms with Gasteiger partial charge in [-0.15, -0.1) is 0 Å². The second kappa shape index (κ2) is 6.66. The summed E-state index contributed by atoms with van der Waals surface area (Å²) in [6, 6.07) is 16.1. The number of hydrogen-bond acceptors (Lipinski definition) is 2. The fourth-order valence-corrected chi connectivity index (χ4v) is 6.30. The molecule has 2 aliphatic rings. The first-order valence-electron chi connectivity index (χ1n) is 8.67. The third kappa shape index (κ3) is 3.40. The molecule has 2 aromatic carbocycles. The summed E-state index contributed by atoms with van der Waals surface area (Å²) < 4.78 is 0.999. The van der Waals surface area contributed by atoms with Crippen LogP contribution in [0.15, 0.2) is 42.5 Å².